The Morgan fingerprint density at radius 3 is 2.12 bits per heavy atom. The molecule has 1 aliphatic rings. The number of hydrogen-bond acceptors (Lipinski definition) is 6. The molecular formula is C16H18N2O6. The monoisotopic (exact) mass is 334 g/mol. The minimum absolute atomic E-state index is 0.225. The lowest BCUT2D eigenvalue weighted by Gasteiger charge is -2.21. The molecule has 0 bridgehead atoms. The normalized spacial score (nSPS) is 15.2. The van der Waals surface area contributed by atoms with E-state index in [1.165, 1.54) is 12.1 Å². The number of benzene rings is 1. The summed E-state index contributed by atoms with van der Waals surface area (Å²) in [7, 11) is 0. The summed E-state index contributed by atoms with van der Waals surface area (Å²) in [5.41, 5.74) is -0.337. The minimum atomic E-state index is -1.63. The average Bonchev–Trinajstić information content (AvgIpc) is 2.70. The van der Waals surface area contributed by atoms with Crippen molar-refractivity contribution in [2.24, 2.45) is 0 Å². The second-order valence-corrected chi connectivity index (χ2v) is 6.43. The van der Waals surface area contributed by atoms with Crippen LogP contribution in [0.3, 0.4) is 0 Å². The van der Waals surface area contributed by atoms with Gasteiger partial charge in [0.15, 0.2) is 0 Å². The van der Waals surface area contributed by atoms with E-state index in [9.17, 15) is 24.5 Å². The van der Waals surface area contributed by atoms with Gasteiger partial charge in [-0.25, -0.2) is 4.79 Å². The second-order valence-electron chi connectivity index (χ2n) is 6.43. The molecule has 0 radical (unpaired) electrons. The summed E-state index contributed by atoms with van der Waals surface area (Å²) in [6.45, 7) is 4.58. The summed E-state index contributed by atoms with van der Waals surface area (Å²) in [5, 5.41) is 11.1. The summed E-state index contributed by atoms with van der Waals surface area (Å²) in [6, 6.07) is 4.68. The highest BCUT2D eigenvalue weighted by Gasteiger charge is 2.39. The first kappa shape index (κ1) is 17.6. The van der Waals surface area contributed by atoms with Gasteiger partial charge in [0.05, 0.1) is 11.1 Å². The lowest BCUT2D eigenvalue weighted by atomic mass is 10.1. The first-order chi connectivity index (χ1) is 11.1. The summed E-state index contributed by atoms with van der Waals surface area (Å²) < 4.78 is 5.02. The number of rotatable bonds is 5. The molecule has 1 unspecified atom stereocenters. The second kappa shape index (κ2) is 6.38. The largest absolute Gasteiger partial charge is 0.455 e. The number of carbonyl (C=O) groups excluding carboxylic acids is 3. The van der Waals surface area contributed by atoms with E-state index in [0.29, 0.717) is 0 Å². The van der Waals surface area contributed by atoms with Crippen LogP contribution in [-0.4, -0.2) is 45.8 Å². The molecule has 0 aromatic heterocycles. The third-order valence-corrected chi connectivity index (χ3v) is 3.44. The molecule has 0 saturated carbocycles. The Morgan fingerprint density at radius 1 is 1.21 bits per heavy atom. The van der Waals surface area contributed by atoms with Gasteiger partial charge in [-0.05, 0) is 32.9 Å². The van der Waals surface area contributed by atoms with Crippen molar-refractivity contribution in [3.63, 3.8) is 0 Å². The van der Waals surface area contributed by atoms with E-state index >= 15 is 0 Å². The van der Waals surface area contributed by atoms with Crippen LogP contribution in [0.25, 0.3) is 0 Å². The molecule has 0 N–H and O–H groups in total. The maximum absolute atomic E-state index is 12.2. The number of imide groups is 1. The first-order valence-corrected chi connectivity index (χ1v) is 7.43. The summed E-state index contributed by atoms with van der Waals surface area (Å²) >= 11 is 0. The smallest absolute Gasteiger partial charge is 0.382 e. The molecule has 1 heterocycles. The molecule has 8 heteroatoms. The highest BCUT2D eigenvalue weighted by molar-refractivity contribution is 6.21. The van der Waals surface area contributed by atoms with E-state index in [2.05, 4.69) is 0 Å². The van der Waals surface area contributed by atoms with Crippen molar-refractivity contribution in [2.45, 2.75) is 38.8 Å². The molecule has 1 aromatic rings. The zero-order valence-electron chi connectivity index (χ0n) is 13.6. The highest BCUT2D eigenvalue weighted by atomic mass is 16.6. The molecule has 2 amide bonds. The SMILES string of the molecule is CC(C)(C)OC(=O)C(CCN1C(=O)c2ccccc2C1=O)[N+](=O)[O-]. The number of amides is 2. The van der Waals surface area contributed by atoms with Crippen molar-refractivity contribution in [1.82, 2.24) is 4.90 Å². The molecule has 2 rings (SSSR count). The van der Waals surface area contributed by atoms with E-state index in [4.69, 9.17) is 4.74 Å². The third kappa shape index (κ3) is 3.58. The van der Waals surface area contributed by atoms with Crippen LogP contribution in [-0.2, 0) is 9.53 Å². The molecule has 1 aliphatic heterocycles. The lowest BCUT2D eigenvalue weighted by molar-refractivity contribution is -0.511. The van der Waals surface area contributed by atoms with Crippen molar-refractivity contribution < 1.29 is 24.0 Å². The number of ether oxygens (including phenoxy) is 1. The van der Waals surface area contributed by atoms with Crippen LogP contribution < -0.4 is 0 Å². The van der Waals surface area contributed by atoms with Gasteiger partial charge in [-0.3, -0.25) is 24.6 Å². The molecule has 0 saturated heterocycles. The summed E-state index contributed by atoms with van der Waals surface area (Å²) in [4.78, 5) is 47.6. The van der Waals surface area contributed by atoms with E-state index in [1.54, 1.807) is 32.9 Å². The van der Waals surface area contributed by atoms with Gasteiger partial charge in [0.25, 0.3) is 11.8 Å². The molecule has 8 nitrogen and oxygen atoms in total. The Hall–Kier alpha value is -2.77. The Labute approximate surface area is 138 Å². The van der Waals surface area contributed by atoms with Gasteiger partial charge < -0.3 is 4.74 Å². The Balaban J connectivity index is 2.09. The summed E-state index contributed by atoms with van der Waals surface area (Å²) in [6.07, 6.45) is -0.298. The van der Waals surface area contributed by atoms with Crippen molar-refractivity contribution in [1.29, 1.82) is 0 Å². The molecule has 1 aromatic carbocycles. The Morgan fingerprint density at radius 2 is 1.71 bits per heavy atom. The fourth-order valence-corrected chi connectivity index (χ4v) is 2.37. The zero-order chi connectivity index (χ0) is 18.1. The van der Waals surface area contributed by atoms with E-state index < -0.39 is 34.3 Å². The van der Waals surface area contributed by atoms with Crippen LogP contribution in [0.2, 0.25) is 0 Å². The molecule has 0 fully saturated rings. The average molecular weight is 334 g/mol. The zero-order valence-corrected chi connectivity index (χ0v) is 13.6. The van der Waals surface area contributed by atoms with Crippen LogP contribution in [0.1, 0.15) is 47.9 Å². The van der Waals surface area contributed by atoms with Gasteiger partial charge in [-0.1, -0.05) is 12.1 Å². The van der Waals surface area contributed by atoms with Gasteiger partial charge >= 0.3 is 12.0 Å². The van der Waals surface area contributed by atoms with E-state index in [1.807, 2.05) is 0 Å². The van der Waals surface area contributed by atoms with Crippen molar-refractivity contribution in [3.8, 4) is 0 Å². The van der Waals surface area contributed by atoms with Gasteiger partial charge in [0.1, 0.15) is 5.60 Å². The predicted octanol–water partition coefficient (Wildman–Crippen LogP) is 1.66. The van der Waals surface area contributed by atoms with Gasteiger partial charge in [-0.2, -0.15) is 0 Å². The van der Waals surface area contributed by atoms with E-state index in [0.717, 1.165) is 4.90 Å². The topological polar surface area (TPSA) is 107 Å². The van der Waals surface area contributed by atoms with Crippen LogP contribution in [0, 0.1) is 10.1 Å². The summed E-state index contributed by atoms with van der Waals surface area (Å²) in [5.74, 6) is -2.01. The Kier molecular flexibility index (Phi) is 4.68. The molecule has 0 aliphatic carbocycles. The Bertz CT molecular complexity index is 672. The maximum Gasteiger partial charge on any atom is 0.382 e. The number of fused-ring (bicyclic) bond motifs is 1. The highest BCUT2D eigenvalue weighted by Crippen LogP contribution is 2.23. The van der Waals surface area contributed by atoms with Crippen LogP contribution in [0.15, 0.2) is 24.3 Å². The lowest BCUT2D eigenvalue weighted by Crippen LogP contribution is -2.40. The fourth-order valence-electron chi connectivity index (χ4n) is 2.37. The standard InChI is InChI=1S/C16H18N2O6/c1-16(2,3)24-15(21)12(18(22)23)8-9-17-13(19)10-6-4-5-7-11(10)14(17)20/h4-7,12H,8-9H2,1-3H3. The number of carbonyl (C=O) groups is 3. The molecule has 128 valence electrons. The first-order valence-electron chi connectivity index (χ1n) is 7.43. The number of nitro groups is 1. The number of esters is 1. The quantitative estimate of drug-likeness (QED) is 0.351. The van der Waals surface area contributed by atoms with Crippen LogP contribution in [0.5, 0.6) is 0 Å². The van der Waals surface area contributed by atoms with Gasteiger partial charge in [0, 0.05) is 17.9 Å². The molecule has 1 atom stereocenters. The predicted molar refractivity (Wildman–Crippen MR) is 83.1 cm³/mol. The number of nitrogens with zero attached hydrogens (tertiary/aromatic N) is 2. The van der Waals surface area contributed by atoms with Crippen LogP contribution >= 0.6 is 0 Å². The van der Waals surface area contributed by atoms with Crippen LogP contribution in [0.4, 0.5) is 0 Å². The van der Waals surface area contributed by atoms with E-state index in [-0.39, 0.29) is 24.1 Å². The third-order valence-electron chi connectivity index (χ3n) is 3.44. The van der Waals surface area contributed by atoms with Gasteiger partial charge in [0.2, 0.25) is 0 Å². The van der Waals surface area contributed by atoms with Crippen molar-refractivity contribution >= 4 is 17.8 Å². The van der Waals surface area contributed by atoms with Gasteiger partial charge in [-0.15, -0.1) is 0 Å². The molecule has 0 spiro atoms. The minimum Gasteiger partial charge on any atom is -0.455 e. The maximum atomic E-state index is 12.2. The van der Waals surface area contributed by atoms with Crippen molar-refractivity contribution in [3.05, 3.63) is 45.5 Å². The molecule has 24 heavy (non-hydrogen) atoms. The van der Waals surface area contributed by atoms with Crippen molar-refractivity contribution in [2.75, 3.05) is 6.54 Å². The number of hydrogen-bond donors (Lipinski definition) is 0. The molecular weight excluding hydrogens is 316 g/mol. The fraction of sp³-hybridized carbons (Fsp3) is 0.438.